The van der Waals surface area contributed by atoms with Crippen molar-refractivity contribution >= 4 is 23.3 Å². The summed E-state index contributed by atoms with van der Waals surface area (Å²) in [5.74, 6) is 0. The molecule has 2 aromatic rings. The van der Waals surface area contributed by atoms with Crippen LogP contribution in [-0.4, -0.2) is 13.9 Å². The van der Waals surface area contributed by atoms with Crippen LogP contribution in [0.3, 0.4) is 0 Å². The molecule has 1 aromatic heterocycles. The van der Waals surface area contributed by atoms with Crippen molar-refractivity contribution in [1.82, 2.24) is 8.75 Å². The van der Waals surface area contributed by atoms with Crippen molar-refractivity contribution in [2.24, 2.45) is 0 Å². The maximum Gasteiger partial charge on any atom is 0.103 e. The van der Waals surface area contributed by atoms with Gasteiger partial charge in [0.2, 0.25) is 0 Å². The highest BCUT2D eigenvalue weighted by Crippen LogP contribution is 2.18. The van der Waals surface area contributed by atoms with E-state index in [1.54, 1.807) is 6.20 Å². The molecule has 1 heterocycles. The summed E-state index contributed by atoms with van der Waals surface area (Å²) >= 11 is 6.86. The van der Waals surface area contributed by atoms with Crippen LogP contribution in [-0.2, 0) is 6.42 Å². The largest absolute Gasteiger partial charge is 0.386 e. The summed E-state index contributed by atoms with van der Waals surface area (Å²) in [6.07, 6.45) is 1.53. The van der Waals surface area contributed by atoms with Gasteiger partial charge in [-0.3, -0.25) is 0 Å². The highest BCUT2D eigenvalue weighted by atomic mass is 35.5. The molecular formula is C10H9ClN2OS. The van der Waals surface area contributed by atoms with Gasteiger partial charge in [-0.2, -0.15) is 8.75 Å². The fraction of sp³-hybridized carbons (Fsp3) is 0.200. The third-order valence-corrected chi connectivity index (χ3v) is 2.81. The molecule has 0 amide bonds. The molecule has 1 aromatic carbocycles. The minimum atomic E-state index is -0.593. The molecule has 0 aliphatic heterocycles. The van der Waals surface area contributed by atoms with Crippen LogP contribution in [0, 0.1) is 0 Å². The van der Waals surface area contributed by atoms with Gasteiger partial charge in [0, 0.05) is 11.4 Å². The van der Waals surface area contributed by atoms with E-state index < -0.39 is 6.10 Å². The second kappa shape index (κ2) is 4.70. The number of aliphatic hydroxyl groups excluding tert-OH is 1. The predicted molar refractivity (Wildman–Crippen MR) is 60.0 cm³/mol. The summed E-state index contributed by atoms with van der Waals surface area (Å²) in [6.45, 7) is 0. The van der Waals surface area contributed by atoms with Crippen molar-refractivity contribution in [3.05, 3.63) is 46.7 Å². The van der Waals surface area contributed by atoms with Crippen LogP contribution >= 0.6 is 23.3 Å². The van der Waals surface area contributed by atoms with Gasteiger partial charge in [-0.05, 0) is 17.7 Å². The van der Waals surface area contributed by atoms with E-state index in [0.29, 0.717) is 17.1 Å². The first-order valence-electron chi connectivity index (χ1n) is 4.45. The summed E-state index contributed by atoms with van der Waals surface area (Å²) in [5.41, 5.74) is 1.65. The summed E-state index contributed by atoms with van der Waals surface area (Å²) < 4.78 is 7.83. The first kappa shape index (κ1) is 10.5. The van der Waals surface area contributed by atoms with Crippen molar-refractivity contribution in [2.45, 2.75) is 12.5 Å². The molecule has 1 atom stereocenters. The number of aliphatic hydroxyl groups is 1. The van der Waals surface area contributed by atoms with Crippen molar-refractivity contribution < 1.29 is 5.11 Å². The number of aromatic nitrogens is 2. The maximum atomic E-state index is 9.80. The van der Waals surface area contributed by atoms with Crippen LogP contribution in [0.1, 0.15) is 17.4 Å². The minimum Gasteiger partial charge on any atom is -0.386 e. The summed E-state index contributed by atoms with van der Waals surface area (Å²) in [5, 5.41) is 10.5. The van der Waals surface area contributed by atoms with Crippen LogP contribution in [0.25, 0.3) is 0 Å². The Morgan fingerprint density at radius 1 is 1.33 bits per heavy atom. The van der Waals surface area contributed by atoms with Crippen molar-refractivity contribution in [3.8, 4) is 0 Å². The molecule has 0 spiro atoms. The summed E-state index contributed by atoms with van der Waals surface area (Å²) in [7, 11) is 0. The van der Waals surface area contributed by atoms with Crippen molar-refractivity contribution in [1.29, 1.82) is 0 Å². The monoisotopic (exact) mass is 240 g/mol. The summed E-state index contributed by atoms with van der Waals surface area (Å²) in [4.78, 5) is 0. The van der Waals surface area contributed by atoms with E-state index >= 15 is 0 Å². The average molecular weight is 241 g/mol. The third kappa shape index (κ3) is 2.75. The fourth-order valence-corrected chi connectivity index (χ4v) is 1.86. The molecule has 0 aliphatic rings. The van der Waals surface area contributed by atoms with E-state index in [1.807, 2.05) is 24.3 Å². The van der Waals surface area contributed by atoms with Crippen LogP contribution in [0.15, 0.2) is 30.5 Å². The first-order valence-corrected chi connectivity index (χ1v) is 5.56. The molecule has 1 unspecified atom stereocenters. The van der Waals surface area contributed by atoms with Crippen molar-refractivity contribution in [2.75, 3.05) is 0 Å². The standard InChI is InChI=1S/C10H9ClN2OS/c11-8-3-1-7(2-4-8)5-10(14)9-6-12-15-13-9/h1-4,6,10,14H,5H2. The Hall–Kier alpha value is -0.970. The zero-order valence-electron chi connectivity index (χ0n) is 7.80. The second-order valence-electron chi connectivity index (χ2n) is 3.18. The van der Waals surface area contributed by atoms with Crippen molar-refractivity contribution in [3.63, 3.8) is 0 Å². The average Bonchev–Trinajstić information content (AvgIpc) is 2.74. The quantitative estimate of drug-likeness (QED) is 0.897. The van der Waals surface area contributed by atoms with Crippen LogP contribution in [0.2, 0.25) is 5.02 Å². The molecule has 0 radical (unpaired) electrons. The highest BCUT2D eigenvalue weighted by molar-refractivity contribution is 6.99. The van der Waals surface area contributed by atoms with Gasteiger partial charge < -0.3 is 5.11 Å². The first-order chi connectivity index (χ1) is 7.25. The van der Waals surface area contributed by atoms with E-state index in [-0.39, 0.29) is 0 Å². The molecule has 3 nitrogen and oxygen atoms in total. The molecule has 0 aliphatic carbocycles. The number of rotatable bonds is 3. The maximum absolute atomic E-state index is 9.80. The van der Waals surface area contributed by atoms with E-state index in [2.05, 4.69) is 8.75 Å². The molecule has 0 fully saturated rings. The number of nitrogens with zero attached hydrogens (tertiary/aromatic N) is 2. The SMILES string of the molecule is OC(Cc1ccc(Cl)cc1)c1cnsn1. The fourth-order valence-electron chi connectivity index (χ4n) is 1.27. The lowest BCUT2D eigenvalue weighted by Crippen LogP contribution is -2.01. The lowest BCUT2D eigenvalue weighted by molar-refractivity contribution is 0.174. The normalized spacial score (nSPS) is 12.7. The number of hydrogen-bond donors (Lipinski definition) is 1. The van der Waals surface area contributed by atoms with E-state index in [9.17, 15) is 5.11 Å². The molecule has 1 N–H and O–H groups in total. The van der Waals surface area contributed by atoms with Gasteiger partial charge in [0.25, 0.3) is 0 Å². The third-order valence-electron chi connectivity index (χ3n) is 2.06. The van der Waals surface area contributed by atoms with Crippen LogP contribution < -0.4 is 0 Å². The number of benzene rings is 1. The Kier molecular flexibility index (Phi) is 3.30. The Bertz CT molecular complexity index is 415. The molecule has 5 heteroatoms. The van der Waals surface area contributed by atoms with Crippen LogP contribution in [0.5, 0.6) is 0 Å². The molecule has 0 saturated carbocycles. The van der Waals surface area contributed by atoms with Gasteiger partial charge >= 0.3 is 0 Å². The Morgan fingerprint density at radius 3 is 2.67 bits per heavy atom. The van der Waals surface area contributed by atoms with Gasteiger partial charge in [-0.1, -0.05) is 23.7 Å². The molecule has 15 heavy (non-hydrogen) atoms. The molecular weight excluding hydrogens is 232 g/mol. The van der Waals surface area contributed by atoms with Gasteiger partial charge in [0.1, 0.15) is 11.8 Å². The van der Waals surface area contributed by atoms with Gasteiger partial charge in [0.15, 0.2) is 0 Å². The Balaban J connectivity index is 2.06. The molecule has 78 valence electrons. The number of halogens is 1. The van der Waals surface area contributed by atoms with Gasteiger partial charge in [0.05, 0.1) is 17.9 Å². The van der Waals surface area contributed by atoms with Gasteiger partial charge in [-0.15, -0.1) is 0 Å². The lowest BCUT2D eigenvalue weighted by atomic mass is 10.1. The van der Waals surface area contributed by atoms with Crippen LogP contribution in [0.4, 0.5) is 0 Å². The highest BCUT2D eigenvalue weighted by Gasteiger charge is 2.10. The molecule has 2 rings (SSSR count). The van der Waals surface area contributed by atoms with E-state index in [1.165, 1.54) is 0 Å². The van der Waals surface area contributed by atoms with E-state index in [4.69, 9.17) is 11.6 Å². The molecule has 0 bridgehead atoms. The molecule has 0 saturated heterocycles. The minimum absolute atomic E-state index is 0.530. The van der Waals surface area contributed by atoms with Gasteiger partial charge in [-0.25, -0.2) is 0 Å². The second-order valence-corrected chi connectivity index (χ2v) is 4.17. The number of hydrogen-bond acceptors (Lipinski definition) is 4. The topological polar surface area (TPSA) is 46.0 Å². The summed E-state index contributed by atoms with van der Waals surface area (Å²) in [6, 6.07) is 7.41. The Labute approximate surface area is 96.7 Å². The Morgan fingerprint density at radius 2 is 2.07 bits per heavy atom. The lowest BCUT2D eigenvalue weighted by Gasteiger charge is -2.06. The smallest absolute Gasteiger partial charge is 0.103 e. The zero-order chi connectivity index (χ0) is 10.7. The van der Waals surface area contributed by atoms with E-state index in [0.717, 1.165) is 17.3 Å². The predicted octanol–water partition coefficient (Wildman–Crippen LogP) is 2.47. The zero-order valence-corrected chi connectivity index (χ0v) is 9.37.